The second-order valence-electron chi connectivity index (χ2n) is 6.20. The molecule has 0 aliphatic carbocycles. The summed E-state index contributed by atoms with van der Waals surface area (Å²) in [5.74, 6) is 1.30. The van der Waals surface area contributed by atoms with Gasteiger partial charge in [0.2, 0.25) is 11.7 Å². The Labute approximate surface area is 131 Å². The molecule has 2 heterocycles. The van der Waals surface area contributed by atoms with Crippen LogP contribution in [0.2, 0.25) is 0 Å². The lowest BCUT2D eigenvalue weighted by Crippen LogP contribution is -2.29. The zero-order valence-electron chi connectivity index (χ0n) is 13.3. The van der Waals surface area contributed by atoms with E-state index in [0.717, 1.165) is 18.7 Å². The number of rotatable bonds is 4. The van der Waals surface area contributed by atoms with E-state index in [1.807, 2.05) is 13.8 Å². The van der Waals surface area contributed by atoms with Gasteiger partial charge in [-0.15, -0.1) is 0 Å². The Kier molecular flexibility index (Phi) is 4.43. The zero-order chi connectivity index (χ0) is 15.5. The summed E-state index contributed by atoms with van der Waals surface area (Å²) in [6, 6.07) is 8.41. The van der Waals surface area contributed by atoms with Gasteiger partial charge >= 0.3 is 0 Å². The van der Waals surface area contributed by atoms with Gasteiger partial charge in [-0.05, 0) is 50.5 Å². The van der Waals surface area contributed by atoms with E-state index in [1.165, 1.54) is 24.9 Å². The van der Waals surface area contributed by atoms with E-state index in [0.29, 0.717) is 11.7 Å². The molecule has 0 saturated carbocycles. The molecule has 1 saturated heterocycles. The average molecular weight is 300 g/mol. The summed E-state index contributed by atoms with van der Waals surface area (Å²) in [5.41, 5.74) is 8.14. The minimum atomic E-state index is -0.00484. The summed E-state index contributed by atoms with van der Waals surface area (Å²) < 4.78 is 5.34. The van der Waals surface area contributed by atoms with Crippen LogP contribution in [0, 0.1) is 0 Å². The largest absolute Gasteiger partial charge is 0.372 e. The molecule has 2 unspecified atom stereocenters. The van der Waals surface area contributed by atoms with Crippen molar-refractivity contribution >= 4 is 5.69 Å². The van der Waals surface area contributed by atoms with E-state index in [1.54, 1.807) is 0 Å². The van der Waals surface area contributed by atoms with Crippen LogP contribution in [0.1, 0.15) is 44.9 Å². The number of aromatic nitrogens is 2. The molecule has 5 heteroatoms. The summed E-state index contributed by atoms with van der Waals surface area (Å²) >= 11 is 0. The smallest absolute Gasteiger partial charge is 0.231 e. The van der Waals surface area contributed by atoms with Crippen LogP contribution in [0.3, 0.4) is 0 Å². The van der Waals surface area contributed by atoms with E-state index in [4.69, 9.17) is 10.3 Å². The Hall–Kier alpha value is -1.88. The van der Waals surface area contributed by atoms with Crippen molar-refractivity contribution in [3.05, 3.63) is 30.2 Å². The molecule has 1 aliphatic rings. The molecule has 118 valence electrons. The number of anilines is 1. The first kappa shape index (κ1) is 15.0. The lowest BCUT2D eigenvalue weighted by molar-refractivity contribution is 0.347. The van der Waals surface area contributed by atoms with E-state index in [-0.39, 0.29) is 12.0 Å². The fraction of sp³-hybridized carbons (Fsp3) is 0.529. The molecule has 1 fully saturated rings. The van der Waals surface area contributed by atoms with Gasteiger partial charge in [-0.2, -0.15) is 4.98 Å². The lowest BCUT2D eigenvalue weighted by Gasteiger charge is -2.28. The van der Waals surface area contributed by atoms with Crippen molar-refractivity contribution < 1.29 is 4.52 Å². The number of benzene rings is 1. The molecule has 0 spiro atoms. The van der Waals surface area contributed by atoms with Crippen molar-refractivity contribution in [3.8, 4) is 11.4 Å². The maximum atomic E-state index is 5.89. The van der Waals surface area contributed by atoms with Gasteiger partial charge in [-0.25, -0.2) is 0 Å². The van der Waals surface area contributed by atoms with Crippen LogP contribution in [0.15, 0.2) is 28.8 Å². The lowest BCUT2D eigenvalue weighted by atomic mass is 10.1. The maximum Gasteiger partial charge on any atom is 0.231 e. The summed E-state index contributed by atoms with van der Waals surface area (Å²) in [6.07, 6.45) is 3.91. The van der Waals surface area contributed by atoms with E-state index < -0.39 is 0 Å². The van der Waals surface area contributed by atoms with Crippen molar-refractivity contribution in [1.29, 1.82) is 0 Å². The van der Waals surface area contributed by atoms with Gasteiger partial charge in [-0.1, -0.05) is 12.1 Å². The summed E-state index contributed by atoms with van der Waals surface area (Å²) in [4.78, 5) is 6.91. The normalized spacial score (nSPS) is 18.2. The highest BCUT2D eigenvalue weighted by Crippen LogP contribution is 2.25. The van der Waals surface area contributed by atoms with Gasteiger partial charge in [0, 0.05) is 30.4 Å². The Morgan fingerprint density at radius 3 is 2.41 bits per heavy atom. The Morgan fingerprint density at radius 2 is 1.77 bits per heavy atom. The van der Waals surface area contributed by atoms with Crippen LogP contribution in [0.25, 0.3) is 11.4 Å². The molecular formula is C17H24N4O. The highest BCUT2D eigenvalue weighted by Gasteiger charge is 2.18. The van der Waals surface area contributed by atoms with Crippen molar-refractivity contribution in [2.45, 2.75) is 45.1 Å². The van der Waals surface area contributed by atoms with Crippen molar-refractivity contribution in [2.24, 2.45) is 5.73 Å². The van der Waals surface area contributed by atoms with Crippen molar-refractivity contribution in [3.63, 3.8) is 0 Å². The molecule has 2 aromatic rings. The Morgan fingerprint density at radius 1 is 1.09 bits per heavy atom. The molecule has 0 bridgehead atoms. The van der Waals surface area contributed by atoms with E-state index in [9.17, 15) is 0 Å². The number of hydrogen-bond acceptors (Lipinski definition) is 5. The first-order chi connectivity index (χ1) is 10.6. The number of piperidine rings is 1. The summed E-state index contributed by atoms with van der Waals surface area (Å²) in [7, 11) is 0. The average Bonchev–Trinajstić information content (AvgIpc) is 3.05. The van der Waals surface area contributed by atoms with Gasteiger partial charge in [0.1, 0.15) is 0 Å². The Balaban J connectivity index is 1.75. The van der Waals surface area contributed by atoms with Crippen LogP contribution in [0.4, 0.5) is 5.69 Å². The second-order valence-corrected chi connectivity index (χ2v) is 6.20. The molecule has 22 heavy (non-hydrogen) atoms. The highest BCUT2D eigenvalue weighted by atomic mass is 16.5. The van der Waals surface area contributed by atoms with Crippen LogP contribution in [-0.2, 0) is 0 Å². The molecule has 1 aromatic carbocycles. The highest BCUT2D eigenvalue weighted by molar-refractivity contribution is 5.60. The van der Waals surface area contributed by atoms with Crippen LogP contribution in [-0.4, -0.2) is 29.3 Å². The van der Waals surface area contributed by atoms with Crippen LogP contribution in [0.5, 0.6) is 0 Å². The van der Waals surface area contributed by atoms with Gasteiger partial charge < -0.3 is 15.2 Å². The predicted molar refractivity (Wildman–Crippen MR) is 87.9 cm³/mol. The van der Waals surface area contributed by atoms with Gasteiger partial charge in [0.15, 0.2) is 0 Å². The molecule has 2 N–H and O–H groups in total. The quantitative estimate of drug-likeness (QED) is 0.939. The second kappa shape index (κ2) is 6.48. The van der Waals surface area contributed by atoms with Crippen molar-refractivity contribution in [2.75, 3.05) is 18.0 Å². The minimum Gasteiger partial charge on any atom is -0.372 e. The topological polar surface area (TPSA) is 68.2 Å². The minimum absolute atomic E-state index is 0.00484. The van der Waals surface area contributed by atoms with E-state index in [2.05, 4.69) is 39.3 Å². The van der Waals surface area contributed by atoms with Crippen molar-refractivity contribution in [1.82, 2.24) is 10.1 Å². The SMILES string of the molecule is CC(N)C(C)c1nc(-c2ccc(N3CCCCC3)cc2)no1. The predicted octanol–water partition coefficient (Wildman–Crippen LogP) is 3.18. The molecule has 1 aromatic heterocycles. The third kappa shape index (κ3) is 3.14. The van der Waals surface area contributed by atoms with E-state index >= 15 is 0 Å². The third-order valence-electron chi connectivity index (χ3n) is 4.47. The number of nitrogens with two attached hydrogens (primary N) is 1. The monoisotopic (exact) mass is 300 g/mol. The molecule has 5 nitrogen and oxygen atoms in total. The van der Waals surface area contributed by atoms with Crippen LogP contribution >= 0.6 is 0 Å². The summed E-state index contributed by atoms with van der Waals surface area (Å²) in [6.45, 7) is 6.25. The standard InChI is InChI=1S/C17H24N4O/c1-12(13(2)18)17-19-16(20-22-17)14-6-8-15(9-7-14)21-10-4-3-5-11-21/h6-9,12-13H,3-5,10-11,18H2,1-2H3. The van der Waals surface area contributed by atoms with Gasteiger partial charge in [-0.3, -0.25) is 0 Å². The molecular weight excluding hydrogens is 276 g/mol. The zero-order valence-corrected chi connectivity index (χ0v) is 13.3. The Bertz CT molecular complexity index is 599. The van der Waals surface area contributed by atoms with Gasteiger partial charge in [0.25, 0.3) is 0 Å². The molecule has 3 rings (SSSR count). The van der Waals surface area contributed by atoms with Crippen LogP contribution < -0.4 is 10.6 Å². The first-order valence-electron chi connectivity index (χ1n) is 8.09. The maximum absolute atomic E-state index is 5.89. The summed E-state index contributed by atoms with van der Waals surface area (Å²) in [5, 5.41) is 4.08. The first-order valence-corrected chi connectivity index (χ1v) is 8.09. The molecule has 2 atom stereocenters. The molecule has 0 radical (unpaired) electrons. The molecule has 0 amide bonds. The fourth-order valence-electron chi connectivity index (χ4n) is 2.74. The number of nitrogens with zero attached hydrogens (tertiary/aromatic N) is 3. The molecule has 1 aliphatic heterocycles. The fourth-order valence-corrected chi connectivity index (χ4v) is 2.74. The number of hydrogen-bond donors (Lipinski definition) is 1. The third-order valence-corrected chi connectivity index (χ3v) is 4.47. The van der Waals surface area contributed by atoms with Gasteiger partial charge in [0.05, 0.1) is 5.92 Å².